The van der Waals surface area contributed by atoms with Crippen LogP contribution in [0.3, 0.4) is 0 Å². The molecule has 21 heavy (non-hydrogen) atoms. The van der Waals surface area contributed by atoms with Crippen LogP contribution in [0.15, 0.2) is 42.5 Å². The normalized spacial score (nSPS) is 13.9. The molecule has 0 saturated carbocycles. The maximum atomic E-state index is 5.89. The van der Waals surface area contributed by atoms with Gasteiger partial charge in [-0.15, -0.1) is 0 Å². The van der Waals surface area contributed by atoms with Crippen LogP contribution in [-0.2, 0) is 6.42 Å². The summed E-state index contributed by atoms with van der Waals surface area (Å²) in [6, 6.07) is 14.4. The van der Waals surface area contributed by atoms with E-state index >= 15 is 0 Å². The summed E-state index contributed by atoms with van der Waals surface area (Å²) in [6.07, 6.45) is 2.39. The summed E-state index contributed by atoms with van der Waals surface area (Å²) in [5, 5.41) is 0. The molecule has 0 fully saturated rings. The molecule has 2 aromatic rings. The SMILES string of the molecule is Cc1ccc2c(c1)CCCN2CCOc1ccccc1N. The third-order valence-corrected chi connectivity index (χ3v) is 3.99. The highest BCUT2D eigenvalue weighted by atomic mass is 16.5. The lowest BCUT2D eigenvalue weighted by molar-refractivity contribution is 0.324. The van der Waals surface area contributed by atoms with Crippen LogP contribution in [0.1, 0.15) is 17.5 Å². The molecule has 3 rings (SSSR count). The molecule has 0 aromatic heterocycles. The third kappa shape index (κ3) is 3.13. The van der Waals surface area contributed by atoms with E-state index in [1.54, 1.807) is 0 Å². The van der Waals surface area contributed by atoms with Crippen LogP contribution in [-0.4, -0.2) is 19.7 Å². The second-order valence-corrected chi connectivity index (χ2v) is 5.61. The Labute approximate surface area is 126 Å². The van der Waals surface area contributed by atoms with Gasteiger partial charge in [-0.05, 0) is 43.5 Å². The lowest BCUT2D eigenvalue weighted by Gasteiger charge is -2.31. The molecule has 0 atom stereocenters. The van der Waals surface area contributed by atoms with Gasteiger partial charge in [-0.1, -0.05) is 29.8 Å². The standard InChI is InChI=1S/C18H22N2O/c1-14-8-9-17-15(13-14)5-4-10-20(17)11-12-21-18-7-3-2-6-16(18)19/h2-3,6-9,13H,4-5,10-12,19H2,1H3. The van der Waals surface area contributed by atoms with Crippen molar-refractivity contribution in [3.8, 4) is 5.75 Å². The van der Waals surface area contributed by atoms with Crippen molar-refractivity contribution >= 4 is 11.4 Å². The first-order chi connectivity index (χ1) is 10.2. The first kappa shape index (κ1) is 13.8. The van der Waals surface area contributed by atoms with Gasteiger partial charge in [0.2, 0.25) is 0 Å². The van der Waals surface area contributed by atoms with E-state index < -0.39 is 0 Å². The van der Waals surface area contributed by atoms with E-state index in [4.69, 9.17) is 10.5 Å². The van der Waals surface area contributed by atoms with E-state index in [0.29, 0.717) is 12.3 Å². The average Bonchev–Trinajstić information content (AvgIpc) is 2.49. The van der Waals surface area contributed by atoms with Crippen molar-refractivity contribution in [2.24, 2.45) is 0 Å². The summed E-state index contributed by atoms with van der Waals surface area (Å²) in [5.41, 5.74) is 10.7. The Morgan fingerprint density at radius 3 is 2.90 bits per heavy atom. The van der Waals surface area contributed by atoms with Gasteiger partial charge in [0.1, 0.15) is 12.4 Å². The van der Waals surface area contributed by atoms with Crippen molar-refractivity contribution in [2.75, 3.05) is 30.3 Å². The van der Waals surface area contributed by atoms with Gasteiger partial charge in [0.05, 0.1) is 12.2 Å². The van der Waals surface area contributed by atoms with E-state index in [1.807, 2.05) is 24.3 Å². The van der Waals surface area contributed by atoms with Gasteiger partial charge in [-0.25, -0.2) is 0 Å². The Bertz CT molecular complexity index is 624. The number of para-hydroxylation sites is 2. The zero-order valence-electron chi connectivity index (χ0n) is 12.5. The molecule has 0 unspecified atom stereocenters. The number of hydrogen-bond acceptors (Lipinski definition) is 3. The number of ether oxygens (including phenoxy) is 1. The fraction of sp³-hybridized carbons (Fsp3) is 0.333. The number of nitrogen functional groups attached to an aromatic ring is 1. The largest absolute Gasteiger partial charge is 0.490 e. The van der Waals surface area contributed by atoms with Crippen LogP contribution in [0, 0.1) is 6.92 Å². The Morgan fingerprint density at radius 2 is 2.05 bits per heavy atom. The fourth-order valence-electron chi connectivity index (χ4n) is 2.91. The van der Waals surface area contributed by atoms with Gasteiger partial charge in [0, 0.05) is 12.2 Å². The van der Waals surface area contributed by atoms with Crippen molar-refractivity contribution in [3.05, 3.63) is 53.6 Å². The van der Waals surface area contributed by atoms with Crippen molar-refractivity contribution in [1.82, 2.24) is 0 Å². The van der Waals surface area contributed by atoms with E-state index in [0.717, 1.165) is 18.8 Å². The number of aryl methyl sites for hydroxylation is 2. The quantitative estimate of drug-likeness (QED) is 0.873. The summed E-state index contributed by atoms with van der Waals surface area (Å²) in [6.45, 7) is 4.80. The highest BCUT2D eigenvalue weighted by molar-refractivity contribution is 5.57. The molecule has 0 saturated heterocycles. The summed E-state index contributed by atoms with van der Waals surface area (Å²) in [4.78, 5) is 2.41. The molecule has 3 nitrogen and oxygen atoms in total. The smallest absolute Gasteiger partial charge is 0.142 e. The maximum absolute atomic E-state index is 5.89. The molecule has 2 aromatic carbocycles. The Hall–Kier alpha value is -2.16. The third-order valence-electron chi connectivity index (χ3n) is 3.99. The predicted octanol–water partition coefficient (Wildman–Crippen LogP) is 3.41. The molecule has 1 aliphatic heterocycles. The first-order valence-corrected chi connectivity index (χ1v) is 7.56. The van der Waals surface area contributed by atoms with Crippen LogP contribution in [0.25, 0.3) is 0 Å². The van der Waals surface area contributed by atoms with Crippen molar-refractivity contribution in [1.29, 1.82) is 0 Å². The lowest BCUT2D eigenvalue weighted by Crippen LogP contribution is -2.33. The second-order valence-electron chi connectivity index (χ2n) is 5.61. The molecule has 3 heteroatoms. The summed E-state index contributed by atoms with van der Waals surface area (Å²) < 4.78 is 5.81. The van der Waals surface area contributed by atoms with Crippen LogP contribution < -0.4 is 15.4 Å². The minimum absolute atomic E-state index is 0.654. The molecule has 2 N–H and O–H groups in total. The van der Waals surface area contributed by atoms with Crippen molar-refractivity contribution in [2.45, 2.75) is 19.8 Å². The Kier molecular flexibility index (Phi) is 4.00. The summed E-state index contributed by atoms with van der Waals surface area (Å²) >= 11 is 0. The Morgan fingerprint density at radius 1 is 1.19 bits per heavy atom. The average molecular weight is 282 g/mol. The van der Waals surface area contributed by atoms with E-state index in [2.05, 4.69) is 30.0 Å². The van der Waals surface area contributed by atoms with Crippen LogP contribution >= 0.6 is 0 Å². The zero-order valence-corrected chi connectivity index (χ0v) is 12.5. The molecule has 0 amide bonds. The second kappa shape index (κ2) is 6.08. The highest BCUT2D eigenvalue weighted by Crippen LogP contribution is 2.28. The Balaban J connectivity index is 1.63. The van der Waals surface area contributed by atoms with Crippen LogP contribution in [0.4, 0.5) is 11.4 Å². The molecule has 0 radical (unpaired) electrons. The van der Waals surface area contributed by atoms with Crippen molar-refractivity contribution in [3.63, 3.8) is 0 Å². The van der Waals surface area contributed by atoms with E-state index in [1.165, 1.54) is 29.7 Å². The minimum Gasteiger partial charge on any atom is -0.490 e. The van der Waals surface area contributed by atoms with Gasteiger partial charge in [-0.2, -0.15) is 0 Å². The first-order valence-electron chi connectivity index (χ1n) is 7.56. The molecule has 0 aliphatic carbocycles. The number of nitrogens with two attached hydrogens (primary N) is 1. The number of anilines is 2. The van der Waals surface area contributed by atoms with Crippen LogP contribution in [0.5, 0.6) is 5.75 Å². The minimum atomic E-state index is 0.654. The van der Waals surface area contributed by atoms with Gasteiger partial charge in [0.25, 0.3) is 0 Å². The molecule has 110 valence electrons. The number of hydrogen-bond donors (Lipinski definition) is 1. The van der Waals surface area contributed by atoms with Gasteiger partial charge >= 0.3 is 0 Å². The highest BCUT2D eigenvalue weighted by Gasteiger charge is 2.16. The summed E-state index contributed by atoms with van der Waals surface area (Å²) in [5.74, 6) is 0.777. The fourth-order valence-corrected chi connectivity index (χ4v) is 2.91. The number of fused-ring (bicyclic) bond motifs is 1. The predicted molar refractivity (Wildman–Crippen MR) is 88.1 cm³/mol. The maximum Gasteiger partial charge on any atom is 0.142 e. The number of nitrogens with zero attached hydrogens (tertiary/aromatic N) is 1. The lowest BCUT2D eigenvalue weighted by atomic mass is 10.00. The molecule has 0 spiro atoms. The topological polar surface area (TPSA) is 38.5 Å². The van der Waals surface area contributed by atoms with Gasteiger partial charge in [0.15, 0.2) is 0 Å². The molecule has 1 aliphatic rings. The monoisotopic (exact) mass is 282 g/mol. The number of rotatable bonds is 4. The zero-order chi connectivity index (χ0) is 14.7. The van der Waals surface area contributed by atoms with E-state index in [9.17, 15) is 0 Å². The van der Waals surface area contributed by atoms with Gasteiger partial charge < -0.3 is 15.4 Å². The molecular weight excluding hydrogens is 260 g/mol. The molecular formula is C18H22N2O. The summed E-state index contributed by atoms with van der Waals surface area (Å²) in [7, 11) is 0. The van der Waals surface area contributed by atoms with Gasteiger partial charge in [-0.3, -0.25) is 0 Å². The molecule has 1 heterocycles. The van der Waals surface area contributed by atoms with Crippen molar-refractivity contribution < 1.29 is 4.74 Å². The van der Waals surface area contributed by atoms with Crippen LogP contribution in [0.2, 0.25) is 0 Å². The number of benzene rings is 2. The van der Waals surface area contributed by atoms with E-state index in [-0.39, 0.29) is 0 Å². The molecule has 0 bridgehead atoms.